The van der Waals surface area contributed by atoms with E-state index in [1.807, 2.05) is 0 Å². The molecule has 132 valence electrons. The summed E-state index contributed by atoms with van der Waals surface area (Å²) in [6, 6.07) is 7.03. The highest BCUT2D eigenvalue weighted by Gasteiger charge is 2.36. The van der Waals surface area contributed by atoms with Crippen LogP contribution in [0.15, 0.2) is 29.2 Å². The van der Waals surface area contributed by atoms with E-state index in [0.29, 0.717) is 11.7 Å². The van der Waals surface area contributed by atoms with Crippen LogP contribution in [-0.4, -0.2) is 43.6 Å². The van der Waals surface area contributed by atoms with E-state index >= 15 is 0 Å². The molecule has 1 saturated carbocycles. The fourth-order valence-electron chi connectivity index (χ4n) is 3.90. The first-order valence-corrected chi connectivity index (χ1v) is 10.6. The molecule has 5 nitrogen and oxygen atoms in total. The van der Waals surface area contributed by atoms with Crippen molar-refractivity contribution >= 4 is 21.4 Å². The van der Waals surface area contributed by atoms with Gasteiger partial charge in [-0.3, -0.25) is 9.69 Å². The Morgan fingerprint density at radius 1 is 1.21 bits per heavy atom. The smallest absolute Gasteiger partial charge is 0.241 e. The fourth-order valence-corrected chi connectivity index (χ4v) is 4.83. The lowest BCUT2D eigenvalue weighted by molar-refractivity contribution is -0.121. The van der Waals surface area contributed by atoms with Gasteiger partial charge in [0.05, 0.1) is 16.7 Å². The van der Waals surface area contributed by atoms with Crippen LogP contribution in [0.2, 0.25) is 0 Å². The van der Waals surface area contributed by atoms with E-state index in [1.54, 1.807) is 31.2 Å². The van der Waals surface area contributed by atoms with E-state index in [1.165, 1.54) is 25.7 Å². The molecule has 1 saturated heterocycles. The minimum Gasteiger partial charge on any atom is -0.325 e. The fraction of sp³-hybridized carbons (Fsp3) is 0.611. The van der Waals surface area contributed by atoms with E-state index in [4.69, 9.17) is 0 Å². The highest BCUT2D eigenvalue weighted by Crippen LogP contribution is 2.30. The van der Waals surface area contributed by atoms with Gasteiger partial charge in [-0.1, -0.05) is 25.8 Å². The SMILES string of the molecule is CCS(=O)(=O)c1cccc(NC(=O)C2CCCN2C2CCCC2)c1. The topological polar surface area (TPSA) is 66.5 Å². The Kier molecular flexibility index (Phi) is 5.25. The number of amides is 1. The van der Waals surface area contributed by atoms with Crippen LogP contribution >= 0.6 is 0 Å². The van der Waals surface area contributed by atoms with Gasteiger partial charge in [0.25, 0.3) is 0 Å². The van der Waals surface area contributed by atoms with Gasteiger partial charge in [0, 0.05) is 11.7 Å². The summed E-state index contributed by atoms with van der Waals surface area (Å²) in [6.07, 6.45) is 6.83. The number of nitrogens with one attached hydrogen (secondary N) is 1. The summed E-state index contributed by atoms with van der Waals surface area (Å²) in [5.41, 5.74) is 0.563. The number of nitrogens with zero attached hydrogens (tertiary/aromatic N) is 1. The maximum absolute atomic E-state index is 12.7. The summed E-state index contributed by atoms with van der Waals surface area (Å²) in [5.74, 6) is 0.0492. The summed E-state index contributed by atoms with van der Waals surface area (Å²) < 4.78 is 24.0. The molecule has 0 radical (unpaired) electrons. The predicted octanol–water partition coefficient (Wildman–Crippen LogP) is 2.83. The van der Waals surface area contributed by atoms with Crippen molar-refractivity contribution < 1.29 is 13.2 Å². The number of hydrogen-bond donors (Lipinski definition) is 1. The average molecular weight is 350 g/mol. The van der Waals surface area contributed by atoms with Gasteiger partial charge in [-0.05, 0) is 50.4 Å². The van der Waals surface area contributed by atoms with Crippen molar-refractivity contribution in [2.24, 2.45) is 0 Å². The van der Waals surface area contributed by atoms with Gasteiger partial charge in [-0.15, -0.1) is 0 Å². The van der Waals surface area contributed by atoms with Crippen LogP contribution in [0, 0.1) is 0 Å². The van der Waals surface area contributed by atoms with Crippen LogP contribution in [0.25, 0.3) is 0 Å². The second-order valence-electron chi connectivity index (χ2n) is 6.75. The Morgan fingerprint density at radius 2 is 1.96 bits per heavy atom. The molecule has 1 unspecified atom stereocenters. The normalized spacial score (nSPS) is 22.8. The Balaban J connectivity index is 1.71. The lowest BCUT2D eigenvalue weighted by Gasteiger charge is -2.29. The largest absolute Gasteiger partial charge is 0.325 e. The van der Waals surface area contributed by atoms with E-state index in [9.17, 15) is 13.2 Å². The molecule has 0 spiro atoms. The predicted molar refractivity (Wildman–Crippen MR) is 94.8 cm³/mol. The summed E-state index contributed by atoms with van der Waals surface area (Å²) in [4.78, 5) is 15.3. The molecule has 0 bridgehead atoms. The lowest BCUT2D eigenvalue weighted by Crippen LogP contribution is -2.44. The third-order valence-electron chi connectivity index (χ3n) is 5.23. The zero-order chi connectivity index (χ0) is 17.2. The summed E-state index contributed by atoms with van der Waals surface area (Å²) in [6.45, 7) is 2.62. The first-order valence-electron chi connectivity index (χ1n) is 8.90. The van der Waals surface area contributed by atoms with Crippen LogP contribution in [-0.2, 0) is 14.6 Å². The molecule has 6 heteroatoms. The van der Waals surface area contributed by atoms with Crippen molar-refractivity contribution in [2.75, 3.05) is 17.6 Å². The number of hydrogen-bond acceptors (Lipinski definition) is 4. The summed E-state index contributed by atoms with van der Waals surface area (Å²) >= 11 is 0. The Bertz CT molecular complexity index is 696. The summed E-state index contributed by atoms with van der Waals surface area (Å²) in [7, 11) is -3.26. The van der Waals surface area contributed by atoms with Gasteiger partial charge in [0.15, 0.2) is 9.84 Å². The van der Waals surface area contributed by atoms with E-state index < -0.39 is 9.84 Å². The number of sulfone groups is 1. The maximum Gasteiger partial charge on any atom is 0.241 e. The van der Waals surface area contributed by atoms with Crippen molar-refractivity contribution in [3.05, 3.63) is 24.3 Å². The minimum atomic E-state index is -3.26. The van der Waals surface area contributed by atoms with Crippen LogP contribution in [0.4, 0.5) is 5.69 Å². The zero-order valence-corrected chi connectivity index (χ0v) is 15.0. The quantitative estimate of drug-likeness (QED) is 0.887. The van der Waals surface area contributed by atoms with E-state index in [-0.39, 0.29) is 22.6 Å². The molecule has 1 aliphatic carbocycles. The second-order valence-corrected chi connectivity index (χ2v) is 9.03. The van der Waals surface area contributed by atoms with E-state index in [2.05, 4.69) is 10.2 Å². The Labute approximate surface area is 144 Å². The van der Waals surface area contributed by atoms with Crippen LogP contribution in [0.3, 0.4) is 0 Å². The molecule has 1 heterocycles. The molecule has 24 heavy (non-hydrogen) atoms. The number of anilines is 1. The lowest BCUT2D eigenvalue weighted by atomic mass is 10.1. The molecular formula is C18H26N2O3S. The summed E-state index contributed by atoms with van der Waals surface area (Å²) in [5, 5.41) is 2.93. The monoisotopic (exact) mass is 350 g/mol. The molecule has 1 amide bonds. The van der Waals surface area contributed by atoms with Gasteiger partial charge in [0.1, 0.15) is 0 Å². The molecule has 1 aliphatic heterocycles. The first kappa shape index (κ1) is 17.4. The third kappa shape index (κ3) is 3.64. The van der Waals surface area contributed by atoms with Gasteiger partial charge in [-0.2, -0.15) is 0 Å². The van der Waals surface area contributed by atoms with Gasteiger partial charge in [-0.25, -0.2) is 8.42 Å². The first-order chi connectivity index (χ1) is 11.5. The van der Waals surface area contributed by atoms with Crippen LogP contribution in [0.5, 0.6) is 0 Å². The number of carbonyl (C=O) groups excluding carboxylic acids is 1. The van der Waals surface area contributed by atoms with Gasteiger partial charge in [0.2, 0.25) is 5.91 Å². The molecule has 1 N–H and O–H groups in total. The highest BCUT2D eigenvalue weighted by atomic mass is 32.2. The number of carbonyl (C=O) groups is 1. The molecule has 2 aliphatic rings. The number of likely N-dealkylation sites (tertiary alicyclic amines) is 1. The second kappa shape index (κ2) is 7.23. The number of rotatable bonds is 5. The molecule has 0 aromatic heterocycles. The minimum absolute atomic E-state index is 0.00885. The highest BCUT2D eigenvalue weighted by molar-refractivity contribution is 7.91. The standard InChI is InChI=1S/C18H26N2O3S/c1-2-24(22,23)16-10-5-7-14(13-16)19-18(21)17-11-6-12-20(17)15-8-3-4-9-15/h5,7,10,13,15,17H,2-4,6,8-9,11-12H2,1H3,(H,19,21). The van der Waals surface area contributed by atoms with Crippen molar-refractivity contribution in [1.29, 1.82) is 0 Å². The average Bonchev–Trinajstić information content (AvgIpc) is 3.26. The molecular weight excluding hydrogens is 324 g/mol. The van der Waals surface area contributed by atoms with E-state index in [0.717, 1.165) is 19.4 Å². The maximum atomic E-state index is 12.7. The van der Waals surface area contributed by atoms with Crippen molar-refractivity contribution in [2.45, 2.75) is 62.4 Å². The molecule has 1 aromatic carbocycles. The number of benzene rings is 1. The Morgan fingerprint density at radius 3 is 2.67 bits per heavy atom. The van der Waals surface area contributed by atoms with Crippen LogP contribution < -0.4 is 5.32 Å². The van der Waals surface area contributed by atoms with Crippen molar-refractivity contribution in [3.8, 4) is 0 Å². The third-order valence-corrected chi connectivity index (χ3v) is 6.96. The van der Waals surface area contributed by atoms with Crippen LogP contribution in [0.1, 0.15) is 45.4 Å². The van der Waals surface area contributed by atoms with Gasteiger partial charge >= 0.3 is 0 Å². The molecule has 1 aromatic rings. The van der Waals surface area contributed by atoms with Crippen molar-refractivity contribution in [3.63, 3.8) is 0 Å². The molecule has 2 fully saturated rings. The van der Waals surface area contributed by atoms with Crippen molar-refractivity contribution in [1.82, 2.24) is 4.90 Å². The molecule has 3 rings (SSSR count). The Hall–Kier alpha value is -1.40. The molecule has 1 atom stereocenters. The zero-order valence-electron chi connectivity index (χ0n) is 14.2. The van der Waals surface area contributed by atoms with Gasteiger partial charge < -0.3 is 5.32 Å².